The highest BCUT2D eigenvalue weighted by molar-refractivity contribution is 7.87. The van der Waals surface area contributed by atoms with Crippen LogP contribution in [-0.2, 0) is 15.0 Å². The Morgan fingerprint density at radius 3 is 2.35 bits per heavy atom. The molecular weight excluding hydrogens is 342 g/mol. The maximum absolute atomic E-state index is 13.8. The second kappa shape index (κ2) is 5.09. The van der Waals surface area contributed by atoms with E-state index in [0.29, 0.717) is 4.90 Å². The molecule has 10 heteroatoms. The van der Waals surface area contributed by atoms with Gasteiger partial charge in [0.05, 0.1) is 10.7 Å². The van der Waals surface area contributed by atoms with Gasteiger partial charge in [0.15, 0.2) is 11.6 Å². The van der Waals surface area contributed by atoms with E-state index >= 15 is 0 Å². The Morgan fingerprint density at radius 2 is 1.85 bits per heavy atom. The van der Waals surface area contributed by atoms with Gasteiger partial charge in [0.1, 0.15) is 10.3 Å². The smallest absolute Gasteiger partial charge is 0.307 e. The molecule has 0 N–H and O–H groups in total. The summed E-state index contributed by atoms with van der Waals surface area (Å²) >= 11 is 10.9. The number of halogens is 5. The fourth-order valence-electron chi connectivity index (χ4n) is 1.85. The van der Waals surface area contributed by atoms with Gasteiger partial charge in [0.25, 0.3) is 0 Å². The van der Waals surface area contributed by atoms with Gasteiger partial charge in [0.2, 0.25) is 5.91 Å². The summed E-state index contributed by atoms with van der Waals surface area (Å²) in [6.07, 6.45) is -0.634. The lowest BCUT2D eigenvalue weighted by Gasteiger charge is -2.18. The SMILES string of the molecule is O=C1CC(S(=O)(=O)F)CN1c1cc(Cl)c(F)c(Cl)c1F. The summed E-state index contributed by atoms with van der Waals surface area (Å²) in [6, 6.07) is 0.795. The molecule has 0 saturated carbocycles. The number of carbonyl (C=O) groups is 1. The van der Waals surface area contributed by atoms with Gasteiger partial charge in [-0.05, 0) is 6.07 Å². The van der Waals surface area contributed by atoms with Crippen molar-refractivity contribution in [3.63, 3.8) is 0 Å². The molecule has 1 fully saturated rings. The van der Waals surface area contributed by atoms with Gasteiger partial charge in [-0.25, -0.2) is 8.78 Å². The Labute approximate surface area is 122 Å². The maximum Gasteiger partial charge on any atom is 0.307 e. The van der Waals surface area contributed by atoms with Crippen LogP contribution in [-0.4, -0.2) is 26.1 Å². The fraction of sp³-hybridized carbons (Fsp3) is 0.300. The first kappa shape index (κ1) is 15.4. The van der Waals surface area contributed by atoms with Crippen LogP contribution in [0.5, 0.6) is 0 Å². The maximum atomic E-state index is 13.8. The zero-order valence-electron chi connectivity index (χ0n) is 9.54. The van der Waals surface area contributed by atoms with Crippen LogP contribution in [0.1, 0.15) is 6.42 Å². The van der Waals surface area contributed by atoms with E-state index in [1.807, 2.05) is 0 Å². The molecule has 1 aliphatic rings. The molecule has 1 aromatic rings. The van der Waals surface area contributed by atoms with Crippen LogP contribution in [0.3, 0.4) is 0 Å². The molecule has 1 aliphatic heterocycles. The molecule has 2 rings (SSSR count). The molecule has 0 spiro atoms. The van der Waals surface area contributed by atoms with Crippen molar-refractivity contribution in [1.29, 1.82) is 0 Å². The lowest BCUT2D eigenvalue weighted by molar-refractivity contribution is -0.117. The van der Waals surface area contributed by atoms with Crippen molar-refractivity contribution in [3.8, 4) is 0 Å². The zero-order valence-corrected chi connectivity index (χ0v) is 11.9. The normalized spacial score (nSPS) is 19.8. The number of anilines is 1. The number of amides is 1. The van der Waals surface area contributed by atoms with Crippen molar-refractivity contribution < 1.29 is 25.9 Å². The van der Waals surface area contributed by atoms with Gasteiger partial charge in [0, 0.05) is 13.0 Å². The molecule has 0 aromatic heterocycles. The molecule has 1 unspecified atom stereocenters. The van der Waals surface area contributed by atoms with E-state index in [4.69, 9.17) is 23.2 Å². The monoisotopic (exact) mass is 347 g/mol. The Kier molecular flexibility index (Phi) is 3.92. The van der Waals surface area contributed by atoms with E-state index in [-0.39, 0.29) is 0 Å². The van der Waals surface area contributed by atoms with E-state index in [1.165, 1.54) is 0 Å². The first-order chi connectivity index (χ1) is 9.12. The Balaban J connectivity index is 2.46. The van der Waals surface area contributed by atoms with Gasteiger partial charge < -0.3 is 4.90 Å². The van der Waals surface area contributed by atoms with Gasteiger partial charge in [-0.1, -0.05) is 23.2 Å². The van der Waals surface area contributed by atoms with Crippen LogP contribution in [0.25, 0.3) is 0 Å². The summed E-state index contributed by atoms with van der Waals surface area (Å²) in [7, 11) is -4.94. The third-order valence-corrected chi connectivity index (χ3v) is 4.58. The van der Waals surface area contributed by atoms with E-state index in [0.717, 1.165) is 6.07 Å². The molecule has 1 saturated heterocycles. The molecule has 20 heavy (non-hydrogen) atoms. The molecule has 0 radical (unpaired) electrons. The first-order valence-electron chi connectivity index (χ1n) is 5.19. The number of hydrogen-bond acceptors (Lipinski definition) is 3. The molecule has 1 heterocycles. The summed E-state index contributed by atoms with van der Waals surface area (Å²) in [4.78, 5) is 12.3. The van der Waals surface area contributed by atoms with Crippen molar-refractivity contribution in [2.75, 3.05) is 11.4 Å². The molecule has 1 amide bonds. The topological polar surface area (TPSA) is 54.5 Å². The van der Waals surface area contributed by atoms with E-state index < -0.39 is 61.7 Å². The van der Waals surface area contributed by atoms with E-state index in [1.54, 1.807) is 0 Å². The molecule has 110 valence electrons. The molecule has 0 aliphatic carbocycles. The van der Waals surface area contributed by atoms with Crippen LogP contribution in [0, 0.1) is 11.6 Å². The minimum absolute atomic E-state index is 0.488. The van der Waals surface area contributed by atoms with Crippen LogP contribution in [0.4, 0.5) is 18.4 Å². The van der Waals surface area contributed by atoms with Crippen LogP contribution in [0.2, 0.25) is 10.0 Å². The van der Waals surface area contributed by atoms with Gasteiger partial charge in [-0.2, -0.15) is 8.42 Å². The first-order valence-corrected chi connectivity index (χ1v) is 7.40. The summed E-state index contributed by atoms with van der Waals surface area (Å²) in [5, 5.41) is -3.06. The number of nitrogens with zero attached hydrogens (tertiary/aromatic N) is 1. The lowest BCUT2D eigenvalue weighted by atomic mass is 10.2. The number of benzene rings is 1. The summed E-state index contributed by atoms with van der Waals surface area (Å²) in [6.45, 7) is -0.590. The highest BCUT2D eigenvalue weighted by atomic mass is 35.5. The van der Waals surface area contributed by atoms with Gasteiger partial charge in [-0.15, -0.1) is 3.89 Å². The van der Waals surface area contributed by atoms with Crippen LogP contribution >= 0.6 is 23.2 Å². The third kappa shape index (κ3) is 2.59. The summed E-state index contributed by atoms with van der Waals surface area (Å²) in [5.74, 6) is -3.29. The van der Waals surface area contributed by atoms with Gasteiger partial charge >= 0.3 is 10.2 Å². The highest BCUT2D eigenvalue weighted by Gasteiger charge is 2.40. The average Bonchev–Trinajstić information content (AvgIpc) is 2.73. The third-order valence-electron chi connectivity index (χ3n) is 2.86. The summed E-state index contributed by atoms with van der Waals surface area (Å²) in [5.41, 5.74) is -0.488. The predicted octanol–water partition coefficient (Wildman–Crippen LogP) is 2.68. The fourth-order valence-corrected chi connectivity index (χ4v) is 2.97. The van der Waals surface area contributed by atoms with Crippen molar-refractivity contribution >= 4 is 45.0 Å². The van der Waals surface area contributed by atoms with Crippen molar-refractivity contribution in [2.45, 2.75) is 11.7 Å². The second-order valence-corrected chi connectivity index (χ2v) is 6.53. The van der Waals surface area contributed by atoms with Crippen LogP contribution < -0.4 is 4.90 Å². The van der Waals surface area contributed by atoms with Crippen molar-refractivity contribution in [3.05, 3.63) is 27.7 Å². The van der Waals surface area contributed by atoms with Gasteiger partial charge in [-0.3, -0.25) is 4.79 Å². The average molecular weight is 348 g/mol. The molecule has 0 bridgehead atoms. The number of rotatable bonds is 2. The molecule has 1 aromatic carbocycles. The largest absolute Gasteiger partial charge is 0.308 e. The Bertz CT molecular complexity index is 695. The second-order valence-electron chi connectivity index (χ2n) is 4.13. The quantitative estimate of drug-likeness (QED) is 0.469. The number of carbonyl (C=O) groups excluding carboxylic acids is 1. The predicted molar refractivity (Wildman–Crippen MR) is 67.2 cm³/mol. The van der Waals surface area contributed by atoms with Crippen LogP contribution in [0.15, 0.2) is 6.07 Å². The lowest BCUT2D eigenvalue weighted by Crippen LogP contribution is -2.28. The highest BCUT2D eigenvalue weighted by Crippen LogP contribution is 2.36. The Hall–Kier alpha value is -0.990. The van der Waals surface area contributed by atoms with Crippen molar-refractivity contribution in [1.82, 2.24) is 0 Å². The standard InChI is InChI=1S/C10H6Cl2F3NO3S/c11-5-2-6(10(14)8(12)9(5)13)16-3-4(1-7(16)17)20(15,18)19/h2,4H,1,3H2. The molecule has 1 atom stereocenters. The zero-order chi connectivity index (χ0) is 15.2. The minimum atomic E-state index is -4.94. The molecule has 4 nitrogen and oxygen atoms in total. The summed E-state index contributed by atoms with van der Waals surface area (Å²) < 4.78 is 61.5. The Morgan fingerprint density at radius 1 is 1.25 bits per heavy atom. The molecular formula is C10H6Cl2F3NO3S. The van der Waals surface area contributed by atoms with E-state index in [9.17, 15) is 25.9 Å². The van der Waals surface area contributed by atoms with E-state index in [2.05, 4.69) is 0 Å². The van der Waals surface area contributed by atoms with Crippen molar-refractivity contribution in [2.24, 2.45) is 0 Å². The minimum Gasteiger partial charge on any atom is -0.308 e. The number of hydrogen-bond donors (Lipinski definition) is 0.